The highest BCUT2D eigenvalue weighted by atomic mass is 35.5. The second-order valence-electron chi connectivity index (χ2n) is 8.04. The summed E-state index contributed by atoms with van der Waals surface area (Å²) in [4.78, 5) is 14.7. The maximum absolute atomic E-state index is 13.0. The molecule has 1 amide bonds. The van der Waals surface area contributed by atoms with E-state index in [-0.39, 0.29) is 11.9 Å². The summed E-state index contributed by atoms with van der Waals surface area (Å²) in [6.07, 6.45) is 5.21. The van der Waals surface area contributed by atoms with Crippen molar-refractivity contribution in [1.29, 1.82) is 0 Å². The van der Waals surface area contributed by atoms with Crippen LogP contribution in [0, 0.1) is 0 Å². The lowest BCUT2D eigenvalue weighted by atomic mass is 9.96. The fourth-order valence-electron chi connectivity index (χ4n) is 4.13. The molecule has 1 aliphatic heterocycles. The first-order valence-corrected chi connectivity index (χ1v) is 12.6. The molecule has 2 fully saturated rings. The van der Waals surface area contributed by atoms with Crippen LogP contribution in [0.2, 0.25) is 10.0 Å². The Hall–Kier alpha value is -0.900. The van der Waals surface area contributed by atoms with Crippen LogP contribution < -0.4 is 5.32 Å². The zero-order chi connectivity index (χ0) is 21.9. The fraction of sp³-hybridized carbons (Fsp3) is 0.650. The van der Waals surface area contributed by atoms with Gasteiger partial charge >= 0.3 is 0 Å². The van der Waals surface area contributed by atoms with E-state index >= 15 is 0 Å². The number of piperazine rings is 1. The molecule has 1 heterocycles. The van der Waals surface area contributed by atoms with Crippen molar-refractivity contribution in [2.24, 2.45) is 0 Å². The van der Waals surface area contributed by atoms with Gasteiger partial charge in [0.1, 0.15) is 0 Å². The first-order chi connectivity index (χ1) is 14.2. The van der Waals surface area contributed by atoms with Crippen LogP contribution in [0.3, 0.4) is 0 Å². The molecule has 0 radical (unpaired) electrons. The van der Waals surface area contributed by atoms with Crippen LogP contribution in [0.1, 0.15) is 39.0 Å². The number of hydrogen-bond donors (Lipinski definition) is 1. The van der Waals surface area contributed by atoms with Crippen molar-refractivity contribution in [3.63, 3.8) is 0 Å². The van der Waals surface area contributed by atoms with Gasteiger partial charge in [0.2, 0.25) is 5.91 Å². The first kappa shape index (κ1) is 23.8. The Balaban J connectivity index is 1.56. The standard InChI is InChI=1S/C20H30Cl2N4O3S/c1-15(20(27)23-19-14-16(21)8-9-18(19)22)25-10-12-26(13-11-25)30(28,29)24(2)17-6-4-3-5-7-17/h8-9,14-15,17H,3-7,10-13H2,1-2H3,(H,23,27). The van der Waals surface area contributed by atoms with E-state index in [0.29, 0.717) is 41.9 Å². The molecular formula is C20H30Cl2N4O3S. The molecule has 1 saturated carbocycles. The number of anilines is 1. The molecule has 168 valence electrons. The molecule has 0 spiro atoms. The van der Waals surface area contributed by atoms with Crippen molar-refractivity contribution < 1.29 is 13.2 Å². The molecule has 1 unspecified atom stereocenters. The third-order valence-corrected chi connectivity index (χ3v) is 8.77. The highest BCUT2D eigenvalue weighted by Gasteiger charge is 2.36. The molecule has 1 saturated heterocycles. The molecular weight excluding hydrogens is 447 g/mol. The van der Waals surface area contributed by atoms with E-state index in [9.17, 15) is 13.2 Å². The average Bonchev–Trinajstić information content (AvgIpc) is 2.75. The largest absolute Gasteiger partial charge is 0.323 e. The maximum atomic E-state index is 13.0. The minimum Gasteiger partial charge on any atom is -0.323 e. The molecule has 10 heteroatoms. The van der Waals surface area contributed by atoms with Crippen LogP contribution in [0.5, 0.6) is 0 Å². The number of amides is 1. The predicted molar refractivity (Wildman–Crippen MR) is 121 cm³/mol. The van der Waals surface area contributed by atoms with E-state index in [1.165, 1.54) is 10.7 Å². The summed E-state index contributed by atoms with van der Waals surface area (Å²) in [7, 11) is -1.79. The summed E-state index contributed by atoms with van der Waals surface area (Å²) in [5.74, 6) is -0.199. The number of rotatable bonds is 6. The van der Waals surface area contributed by atoms with Crippen LogP contribution in [-0.2, 0) is 15.0 Å². The Bertz CT molecular complexity index is 854. The van der Waals surface area contributed by atoms with E-state index in [1.54, 1.807) is 29.6 Å². The molecule has 0 bridgehead atoms. The minimum atomic E-state index is -3.48. The van der Waals surface area contributed by atoms with Gasteiger partial charge in [-0.25, -0.2) is 0 Å². The Morgan fingerprint density at radius 2 is 1.77 bits per heavy atom. The monoisotopic (exact) mass is 476 g/mol. The smallest absolute Gasteiger partial charge is 0.282 e. The third-order valence-electron chi connectivity index (χ3n) is 6.17. The lowest BCUT2D eigenvalue weighted by Crippen LogP contribution is -2.57. The molecule has 1 atom stereocenters. The number of carbonyl (C=O) groups excluding carboxylic acids is 1. The summed E-state index contributed by atoms with van der Waals surface area (Å²) < 4.78 is 29.2. The zero-order valence-electron chi connectivity index (χ0n) is 17.5. The summed E-state index contributed by atoms with van der Waals surface area (Å²) in [5, 5.41) is 3.72. The quantitative estimate of drug-likeness (QED) is 0.682. The van der Waals surface area contributed by atoms with Crippen LogP contribution >= 0.6 is 23.2 Å². The van der Waals surface area contributed by atoms with Crippen molar-refractivity contribution in [3.8, 4) is 0 Å². The van der Waals surface area contributed by atoms with Crippen molar-refractivity contribution in [3.05, 3.63) is 28.2 Å². The second-order valence-corrected chi connectivity index (χ2v) is 10.9. The van der Waals surface area contributed by atoms with Gasteiger partial charge in [-0.05, 0) is 38.0 Å². The van der Waals surface area contributed by atoms with E-state index in [1.807, 2.05) is 11.8 Å². The second kappa shape index (κ2) is 10.1. The van der Waals surface area contributed by atoms with Gasteiger partial charge in [0.25, 0.3) is 10.2 Å². The summed E-state index contributed by atoms with van der Waals surface area (Å²) in [6, 6.07) is 4.58. The number of benzene rings is 1. The van der Waals surface area contributed by atoms with E-state index in [0.717, 1.165) is 25.7 Å². The molecule has 2 aliphatic rings. The molecule has 3 rings (SSSR count). The molecule has 1 aromatic carbocycles. The van der Waals surface area contributed by atoms with Gasteiger partial charge in [-0.1, -0.05) is 42.5 Å². The van der Waals surface area contributed by atoms with Gasteiger partial charge in [0.15, 0.2) is 0 Å². The first-order valence-electron chi connectivity index (χ1n) is 10.4. The summed E-state index contributed by atoms with van der Waals surface area (Å²) in [5.41, 5.74) is 0.469. The Morgan fingerprint density at radius 3 is 2.40 bits per heavy atom. The lowest BCUT2D eigenvalue weighted by molar-refractivity contribution is -0.121. The predicted octanol–water partition coefficient (Wildman–Crippen LogP) is 3.45. The molecule has 1 aliphatic carbocycles. The topological polar surface area (TPSA) is 73.0 Å². The van der Waals surface area contributed by atoms with Crippen LogP contribution in [0.4, 0.5) is 5.69 Å². The van der Waals surface area contributed by atoms with Crippen molar-refractivity contribution >= 4 is 45.0 Å². The average molecular weight is 477 g/mol. The SMILES string of the molecule is CC(C(=O)Nc1cc(Cl)ccc1Cl)N1CCN(S(=O)(=O)N(C)C2CCCCC2)CC1. The Labute approximate surface area is 189 Å². The van der Waals surface area contributed by atoms with E-state index in [2.05, 4.69) is 5.32 Å². The van der Waals surface area contributed by atoms with Gasteiger partial charge in [-0.15, -0.1) is 0 Å². The molecule has 1 N–H and O–H groups in total. The number of halogens is 2. The van der Waals surface area contributed by atoms with Crippen molar-refractivity contribution in [2.45, 2.75) is 51.1 Å². The van der Waals surface area contributed by atoms with Gasteiger partial charge in [-0.2, -0.15) is 17.0 Å². The highest BCUT2D eigenvalue weighted by Crippen LogP contribution is 2.27. The lowest BCUT2D eigenvalue weighted by Gasteiger charge is -2.40. The zero-order valence-corrected chi connectivity index (χ0v) is 19.8. The normalized spacial score (nSPS) is 21.0. The number of nitrogens with zero attached hydrogens (tertiary/aromatic N) is 3. The van der Waals surface area contributed by atoms with Gasteiger partial charge in [0.05, 0.1) is 16.8 Å². The number of hydrogen-bond acceptors (Lipinski definition) is 4. The van der Waals surface area contributed by atoms with Crippen LogP contribution in [-0.4, -0.2) is 73.1 Å². The molecule has 1 aromatic rings. The summed E-state index contributed by atoms with van der Waals surface area (Å²) >= 11 is 12.1. The highest BCUT2D eigenvalue weighted by molar-refractivity contribution is 7.86. The molecule has 7 nitrogen and oxygen atoms in total. The molecule has 30 heavy (non-hydrogen) atoms. The Morgan fingerprint density at radius 1 is 1.13 bits per heavy atom. The fourth-order valence-corrected chi connectivity index (χ4v) is 6.05. The molecule has 0 aromatic heterocycles. The van der Waals surface area contributed by atoms with E-state index < -0.39 is 16.3 Å². The minimum absolute atomic E-state index is 0.0916. The maximum Gasteiger partial charge on any atom is 0.282 e. The van der Waals surface area contributed by atoms with Gasteiger partial charge < -0.3 is 5.32 Å². The third kappa shape index (κ3) is 5.47. The van der Waals surface area contributed by atoms with Crippen LogP contribution in [0.15, 0.2) is 18.2 Å². The Kier molecular flexibility index (Phi) is 8.03. The van der Waals surface area contributed by atoms with E-state index in [4.69, 9.17) is 23.2 Å². The van der Waals surface area contributed by atoms with Crippen LogP contribution in [0.25, 0.3) is 0 Å². The number of carbonyl (C=O) groups is 1. The number of nitrogens with one attached hydrogen (secondary N) is 1. The van der Waals surface area contributed by atoms with Crippen molar-refractivity contribution in [2.75, 3.05) is 38.5 Å². The summed E-state index contributed by atoms with van der Waals surface area (Å²) in [6.45, 7) is 3.54. The van der Waals surface area contributed by atoms with Crippen molar-refractivity contribution in [1.82, 2.24) is 13.5 Å². The van der Waals surface area contributed by atoms with Gasteiger partial charge in [0, 0.05) is 44.3 Å². The van der Waals surface area contributed by atoms with Gasteiger partial charge in [-0.3, -0.25) is 9.69 Å².